The summed E-state index contributed by atoms with van der Waals surface area (Å²) in [5.41, 5.74) is 0. The summed E-state index contributed by atoms with van der Waals surface area (Å²) in [5.74, 6) is -24.0. The van der Waals surface area contributed by atoms with E-state index >= 15 is 0 Å². The van der Waals surface area contributed by atoms with Crippen molar-refractivity contribution >= 4 is 68.0 Å². The van der Waals surface area contributed by atoms with Crippen molar-refractivity contribution in [1.82, 2.24) is 0 Å². The van der Waals surface area contributed by atoms with Crippen LogP contribution >= 0.6 is 68.0 Å². The molecule has 0 unspecified atom stereocenters. The van der Waals surface area contributed by atoms with Gasteiger partial charge >= 0.3 is 18.3 Å². The summed E-state index contributed by atoms with van der Waals surface area (Å²) in [6, 6.07) is 19.3. The summed E-state index contributed by atoms with van der Waals surface area (Å²) in [5, 5.41) is 0. The lowest BCUT2D eigenvalue weighted by Gasteiger charge is -2.27. The molecule has 6 heterocycles. The minimum atomic E-state index is -6.33. The Morgan fingerprint density at radius 3 is 1.07 bits per heavy atom. The van der Waals surface area contributed by atoms with Gasteiger partial charge in [0.05, 0.1) is 24.1 Å². The smallest absolute Gasteiger partial charge is 0.206 e. The topological polar surface area (TPSA) is 0 Å². The van der Waals surface area contributed by atoms with Crippen molar-refractivity contribution in [2.75, 3.05) is 0 Å². The van der Waals surface area contributed by atoms with Gasteiger partial charge in [-0.2, -0.15) is 35.1 Å². The lowest BCUT2D eigenvalue weighted by Crippen LogP contribution is -2.43. The summed E-state index contributed by atoms with van der Waals surface area (Å²) in [4.78, 5) is 6.09. The molecule has 0 aromatic carbocycles. The van der Waals surface area contributed by atoms with Crippen molar-refractivity contribution < 1.29 is 70.2 Å². The third-order valence-corrected chi connectivity index (χ3v) is 15.7. The lowest BCUT2D eigenvalue weighted by molar-refractivity contribution is -0.304. The van der Waals surface area contributed by atoms with Crippen LogP contribution in [0.25, 0.3) is 48.8 Å². The highest BCUT2D eigenvalue weighted by molar-refractivity contribution is 7.30. The van der Waals surface area contributed by atoms with E-state index in [1.54, 1.807) is 18.2 Å². The molecule has 0 amide bonds. The fraction of sp³-hybridized carbons (Fsp3) is 0.333. The van der Waals surface area contributed by atoms with Crippen molar-refractivity contribution in [2.45, 2.75) is 74.1 Å². The zero-order valence-electron chi connectivity index (χ0n) is 28.5. The number of rotatable bonds is 15. The number of hydrogen-bond donors (Lipinski definition) is 0. The highest BCUT2D eigenvalue weighted by Gasteiger charge is 2.63. The van der Waals surface area contributed by atoms with Gasteiger partial charge in [0.25, 0.3) is 23.7 Å². The van der Waals surface area contributed by atoms with Crippen LogP contribution in [0.15, 0.2) is 72.8 Å². The average Bonchev–Trinajstić information content (AvgIpc) is 3.88. The molecule has 0 saturated carbocycles. The molecule has 6 aromatic heterocycles. The zero-order chi connectivity index (χ0) is 42.7. The van der Waals surface area contributed by atoms with Crippen molar-refractivity contribution in [3.05, 3.63) is 82.6 Å². The molecule has 0 spiro atoms. The van der Waals surface area contributed by atoms with Gasteiger partial charge in [-0.1, -0.05) is 0 Å². The van der Waals surface area contributed by atoms with Crippen LogP contribution in [0, 0.1) is 0 Å². The highest BCUT2D eigenvalue weighted by atomic mass is 32.1. The summed E-state index contributed by atoms with van der Waals surface area (Å²) >= 11 is 6.75. The van der Waals surface area contributed by atoms with E-state index in [2.05, 4.69) is 0 Å². The van der Waals surface area contributed by atoms with Crippen molar-refractivity contribution in [2.24, 2.45) is 0 Å². The first kappa shape index (κ1) is 44.6. The molecule has 0 aliphatic heterocycles. The van der Waals surface area contributed by atoms with E-state index in [-0.39, 0.29) is 9.75 Å². The first-order chi connectivity index (χ1) is 26.6. The van der Waals surface area contributed by atoms with Crippen LogP contribution in [0.4, 0.5) is 70.2 Å². The van der Waals surface area contributed by atoms with Gasteiger partial charge in [0.2, 0.25) is 0 Å². The molecule has 0 fully saturated rings. The van der Waals surface area contributed by atoms with Crippen molar-refractivity contribution in [3.8, 4) is 48.8 Å². The summed E-state index contributed by atoms with van der Waals surface area (Å²) in [6.07, 6.45) is -23.3. The van der Waals surface area contributed by atoms with E-state index < -0.39 is 78.9 Å². The Kier molecular flexibility index (Phi) is 12.2. The Balaban J connectivity index is 1.09. The second-order valence-corrected chi connectivity index (χ2v) is 19.6. The first-order valence-electron chi connectivity index (χ1n) is 16.2. The molecule has 0 N–H and O–H groups in total. The van der Waals surface area contributed by atoms with Gasteiger partial charge in [0, 0.05) is 60.1 Å². The SMILES string of the molecule is FC(F)(F)CC(F)(F)CC(F)(F)Cc1ccc(-c2ccc(-c3ccc(-c4ccc(-c5ccc(-c6ccc(C(F)(F)CC(F)(F)CC(F)(F)C(F)(F)F)s6)s5)s4)s3)s2)s1. The lowest BCUT2D eigenvalue weighted by atomic mass is 10.0. The largest absolute Gasteiger partial charge is 0.453 e. The zero-order valence-corrected chi connectivity index (χ0v) is 33.4. The predicted octanol–water partition coefficient (Wildman–Crippen LogP) is 17.3. The molecule has 6 aromatic rings. The van der Waals surface area contributed by atoms with Crippen LogP contribution in [0.5, 0.6) is 0 Å². The molecule has 0 aliphatic rings. The minimum Gasteiger partial charge on any atom is -0.206 e. The predicted molar refractivity (Wildman–Crippen MR) is 199 cm³/mol. The molecule has 0 aliphatic carbocycles. The first-order valence-corrected chi connectivity index (χ1v) is 21.1. The van der Waals surface area contributed by atoms with Crippen LogP contribution in [-0.4, -0.2) is 36.0 Å². The standard InChI is InChI=1S/C36H22F16S6/c37-30(38,14-31(39,40)17-35(47,48)49)13-18-1-2-19(53-18)20-3-4-21(54-20)22-5-6-23(55-22)24-7-8-25(56-24)26-9-10-27(57-26)28-11-12-29(58-28)33(43,44)15-32(41,42)16-34(45,46)36(50,51)52/h1-12H,13-17H2. The third-order valence-electron chi connectivity index (χ3n) is 8.05. The monoisotopic (exact) mass is 950 g/mol. The molecular formula is C36H22F16S6. The summed E-state index contributed by atoms with van der Waals surface area (Å²) in [6.45, 7) is 0. The van der Waals surface area contributed by atoms with Gasteiger partial charge in [-0.25, -0.2) is 35.1 Å². The molecule has 6 rings (SSSR count). The molecule has 0 bridgehead atoms. The Labute approximate surface area is 342 Å². The fourth-order valence-electron chi connectivity index (χ4n) is 5.63. The molecule has 0 atom stereocenters. The van der Waals surface area contributed by atoms with Crippen LogP contribution in [0.3, 0.4) is 0 Å². The van der Waals surface area contributed by atoms with Gasteiger partial charge in [-0.05, 0) is 72.8 Å². The van der Waals surface area contributed by atoms with Crippen LogP contribution in [-0.2, 0) is 12.3 Å². The molecule has 314 valence electrons. The van der Waals surface area contributed by atoms with Crippen molar-refractivity contribution in [1.29, 1.82) is 0 Å². The summed E-state index contributed by atoms with van der Waals surface area (Å²) in [7, 11) is 0. The number of halogens is 16. The highest BCUT2D eigenvalue weighted by Crippen LogP contribution is 2.51. The molecule has 58 heavy (non-hydrogen) atoms. The minimum absolute atomic E-state index is 0.0321. The average molecular weight is 951 g/mol. The van der Waals surface area contributed by atoms with Gasteiger partial charge in [-0.15, -0.1) is 68.0 Å². The van der Waals surface area contributed by atoms with Crippen LogP contribution < -0.4 is 0 Å². The van der Waals surface area contributed by atoms with Gasteiger partial charge in [-0.3, -0.25) is 0 Å². The molecule has 0 nitrogen and oxygen atoms in total. The Morgan fingerprint density at radius 2 is 0.672 bits per heavy atom. The Hall–Kier alpha value is -2.92. The number of alkyl halides is 16. The molecule has 0 saturated heterocycles. The molecule has 22 heteroatoms. The van der Waals surface area contributed by atoms with Crippen LogP contribution in [0.1, 0.15) is 35.4 Å². The van der Waals surface area contributed by atoms with E-state index in [1.807, 2.05) is 30.3 Å². The Bertz CT molecular complexity index is 2320. The van der Waals surface area contributed by atoms with E-state index in [1.165, 1.54) is 63.5 Å². The number of thiophene rings is 6. The fourth-order valence-corrected chi connectivity index (χ4v) is 12.2. The van der Waals surface area contributed by atoms with E-state index in [0.29, 0.717) is 26.0 Å². The maximum Gasteiger partial charge on any atom is 0.453 e. The van der Waals surface area contributed by atoms with Crippen molar-refractivity contribution in [3.63, 3.8) is 0 Å². The van der Waals surface area contributed by atoms with E-state index in [4.69, 9.17) is 0 Å². The van der Waals surface area contributed by atoms with Crippen LogP contribution in [0.2, 0.25) is 0 Å². The van der Waals surface area contributed by atoms with E-state index in [0.717, 1.165) is 46.7 Å². The molecule has 0 radical (unpaired) electrons. The third kappa shape index (κ3) is 10.9. The quantitative estimate of drug-likeness (QED) is 0.0900. The second-order valence-electron chi connectivity index (χ2n) is 13.1. The normalized spacial score (nSPS) is 13.9. The maximum absolute atomic E-state index is 14.7. The summed E-state index contributed by atoms with van der Waals surface area (Å²) < 4.78 is 214. The maximum atomic E-state index is 14.7. The van der Waals surface area contributed by atoms with Gasteiger partial charge in [0.1, 0.15) is 6.42 Å². The van der Waals surface area contributed by atoms with E-state index in [9.17, 15) is 70.2 Å². The molecular weight excluding hydrogens is 929 g/mol. The van der Waals surface area contributed by atoms with Gasteiger partial charge in [0.15, 0.2) is 0 Å². The Morgan fingerprint density at radius 1 is 0.328 bits per heavy atom. The van der Waals surface area contributed by atoms with Gasteiger partial charge < -0.3 is 0 Å². The number of hydrogen-bond acceptors (Lipinski definition) is 6. The second kappa shape index (κ2) is 15.8.